The number of fused-ring (bicyclic) bond motifs is 14. The minimum atomic E-state index is 1.14. The average Bonchev–Trinajstić information content (AvgIpc) is 3.37. The summed E-state index contributed by atoms with van der Waals surface area (Å²) >= 11 is 0. The molecule has 2 nitrogen and oxygen atoms in total. The van der Waals surface area contributed by atoms with Gasteiger partial charge in [0.1, 0.15) is 0 Å². The van der Waals surface area contributed by atoms with Gasteiger partial charge in [0.15, 0.2) is 0 Å². The van der Waals surface area contributed by atoms with Gasteiger partial charge in [0, 0.05) is 34.1 Å². The van der Waals surface area contributed by atoms with Crippen molar-refractivity contribution in [1.29, 1.82) is 0 Å². The lowest BCUT2D eigenvalue weighted by Crippen LogP contribution is -2.09. The van der Waals surface area contributed by atoms with E-state index in [1.807, 2.05) is 0 Å². The van der Waals surface area contributed by atoms with Crippen LogP contribution in [0, 0.1) is 27.7 Å². The summed E-state index contributed by atoms with van der Waals surface area (Å²) in [5.74, 6) is 0. The maximum Gasteiger partial charge on any atom is 0.0468 e. The molecule has 0 aromatic heterocycles. The van der Waals surface area contributed by atoms with Gasteiger partial charge in [0.2, 0.25) is 0 Å². The van der Waals surface area contributed by atoms with E-state index in [2.05, 4.69) is 256 Å². The summed E-state index contributed by atoms with van der Waals surface area (Å²) in [5.41, 5.74) is 12.0. The summed E-state index contributed by atoms with van der Waals surface area (Å²) in [6.45, 7) is 9.14. The molecule has 0 unspecified atom stereocenters. The van der Waals surface area contributed by atoms with E-state index in [1.54, 1.807) is 0 Å². The number of anilines is 6. The fourth-order valence-electron chi connectivity index (χ4n) is 11.5. The first-order valence-electron chi connectivity index (χ1n) is 23.7. The Labute approximate surface area is 396 Å². The molecule has 0 heterocycles. The number of hydrogen-bond donors (Lipinski definition) is 0. The van der Waals surface area contributed by atoms with Crippen LogP contribution in [0.2, 0.25) is 0 Å². The number of nitrogens with zero attached hydrogens (tertiary/aromatic N) is 2. The molecule has 0 amide bonds. The molecule has 13 aromatic rings. The first-order valence-corrected chi connectivity index (χ1v) is 23.7. The second-order valence-corrected chi connectivity index (χ2v) is 18.7. The molecule has 0 aliphatic carbocycles. The maximum atomic E-state index is 2.45. The lowest BCUT2D eigenvalue weighted by molar-refractivity contribution is 1.29. The standard InChI is InChI=1S/C66H48N2/c1-41-35-63-55(53-27-25-51(39-59(41)53)67(47-17-9-5-10-18-47)48-19-11-6-12-20-48)29-31-57-61-37-46-34-44(4)66-58(62(46)38-45(61)33-43(3)65(57)63)32-30-56-54-28-26-52(40-60(54)42(2)36-64(56)66)68(49-21-13-7-14-22-49)50-23-15-8-16-24-50/h5-40H,1-4H3. The summed E-state index contributed by atoms with van der Waals surface area (Å²) in [6.07, 6.45) is 0. The van der Waals surface area contributed by atoms with Crippen molar-refractivity contribution in [2.45, 2.75) is 27.7 Å². The molecule has 0 N–H and O–H groups in total. The van der Waals surface area contributed by atoms with Gasteiger partial charge in [0.05, 0.1) is 0 Å². The largest absolute Gasteiger partial charge is 0.310 e. The Hall–Kier alpha value is -8.46. The molecule has 13 rings (SSSR count). The topological polar surface area (TPSA) is 6.48 Å². The summed E-state index contributed by atoms with van der Waals surface area (Å²) in [7, 11) is 0. The minimum absolute atomic E-state index is 1.14. The van der Waals surface area contributed by atoms with Gasteiger partial charge in [-0.3, -0.25) is 0 Å². The third kappa shape index (κ3) is 6.25. The third-order valence-electron chi connectivity index (χ3n) is 14.6. The molecule has 0 saturated carbocycles. The highest BCUT2D eigenvalue weighted by Crippen LogP contribution is 2.45. The Morgan fingerprint density at radius 2 is 0.515 bits per heavy atom. The summed E-state index contributed by atoms with van der Waals surface area (Å²) < 4.78 is 0. The van der Waals surface area contributed by atoms with E-state index >= 15 is 0 Å². The molecule has 0 atom stereocenters. The van der Waals surface area contributed by atoms with E-state index in [4.69, 9.17) is 0 Å². The van der Waals surface area contributed by atoms with Gasteiger partial charge in [-0.05, 0) is 221 Å². The molecule has 322 valence electrons. The van der Waals surface area contributed by atoms with Crippen molar-refractivity contribution >= 4 is 120 Å². The highest BCUT2D eigenvalue weighted by Gasteiger charge is 2.19. The van der Waals surface area contributed by atoms with Gasteiger partial charge in [-0.25, -0.2) is 0 Å². The van der Waals surface area contributed by atoms with Gasteiger partial charge in [-0.1, -0.05) is 133 Å². The molecule has 0 aliphatic rings. The summed E-state index contributed by atoms with van der Waals surface area (Å²) in [5, 5.41) is 20.7. The van der Waals surface area contributed by atoms with Gasteiger partial charge < -0.3 is 9.80 Å². The zero-order chi connectivity index (χ0) is 45.6. The predicted molar refractivity (Wildman–Crippen MR) is 295 cm³/mol. The zero-order valence-corrected chi connectivity index (χ0v) is 38.7. The van der Waals surface area contributed by atoms with Gasteiger partial charge >= 0.3 is 0 Å². The molecule has 68 heavy (non-hydrogen) atoms. The van der Waals surface area contributed by atoms with Crippen LogP contribution < -0.4 is 9.80 Å². The van der Waals surface area contributed by atoms with E-state index in [0.717, 1.165) is 34.1 Å². The first kappa shape index (κ1) is 39.9. The number of benzene rings is 13. The van der Waals surface area contributed by atoms with E-state index in [1.165, 1.54) is 108 Å². The van der Waals surface area contributed by atoms with Crippen LogP contribution in [0.1, 0.15) is 22.3 Å². The van der Waals surface area contributed by atoms with Crippen LogP contribution in [0.25, 0.3) is 86.2 Å². The molecular weight excluding hydrogens is 821 g/mol. The van der Waals surface area contributed by atoms with Crippen LogP contribution in [0.4, 0.5) is 34.1 Å². The zero-order valence-electron chi connectivity index (χ0n) is 38.7. The van der Waals surface area contributed by atoms with E-state index in [0.29, 0.717) is 0 Å². The minimum Gasteiger partial charge on any atom is -0.310 e. The van der Waals surface area contributed by atoms with Gasteiger partial charge in [-0.2, -0.15) is 0 Å². The molecule has 0 fully saturated rings. The average molecular weight is 869 g/mol. The van der Waals surface area contributed by atoms with Crippen LogP contribution in [-0.2, 0) is 0 Å². The molecule has 2 heteroatoms. The SMILES string of the molecule is Cc1cc2c(ccc3c4cc5cc(C)c6c(ccc7c8ccc(N(c9ccccc9)c9ccccc9)cc8c(C)cc76)c5cc4cc(C)c32)c2ccc(N(c3ccccc3)c3ccccc3)cc12. The van der Waals surface area contributed by atoms with Crippen LogP contribution in [0.15, 0.2) is 218 Å². The quantitative estimate of drug-likeness (QED) is 0.121. The van der Waals surface area contributed by atoms with Crippen LogP contribution in [0.5, 0.6) is 0 Å². The first-order chi connectivity index (χ1) is 33.4. The molecule has 13 aromatic carbocycles. The smallest absolute Gasteiger partial charge is 0.0468 e. The van der Waals surface area contributed by atoms with Crippen molar-refractivity contribution in [3.8, 4) is 0 Å². The van der Waals surface area contributed by atoms with Crippen molar-refractivity contribution in [2.75, 3.05) is 9.80 Å². The Morgan fingerprint density at radius 1 is 0.206 bits per heavy atom. The highest BCUT2D eigenvalue weighted by atomic mass is 15.1. The Morgan fingerprint density at radius 3 is 0.868 bits per heavy atom. The third-order valence-corrected chi connectivity index (χ3v) is 14.6. The van der Waals surface area contributed by atoms with Crippen LogP contribution >= 0.6 is 0 Å². The fraction of sp³-hybridized carbons (Fsp3) is 0.0606. The van der Waals surface area contributed by atoms with E-state index < -0.39 is 0 Å². The second-order valence-electron chi connectivity index (χ2n) is 18.7. The fourth-order valence-corrected chi connectivity index (χ4v) is 11.5. The lowest BCUT2D eigenvalue weighted by Gasteiger charge is -2.26. The lowest BCUT2D eigenvalue weighted by atomic mass is 9.87. The summed E-state index contributed by atoms with van der Waals surface area (Å²) in [4.78, 5) is 4.70. The Bertz CT molecular complexity index is 3810. The number of rotatable bonds is 6. The molecule has 0 bridgehead atoms. The van der Waals surface area contributed by atoms with E-state index in [-0.39, 0.29) is 0 Å². The van der Waals surface area contributed by atoms with Crippen molar-refractivity contribution in [3.05, 3.63) is 241 Å². The normalized spacial score (nSPS) is 11.8. The Kier molecular flexibility index (Phi) is 9.13. The molecule has 0 radical (unpaired) electrons. The van der Waals surface area contributed by atoms with Gasteiger partial charge in [-0.15, -0.1) is 0 Å². The molecular formula is C66H48N2. The van der Waals surface area contributed by atoms with Crippen molar-refractivity contribution in [1.82, 2.24) is 0 Å². The number of hydrogen-bond acceptors (Lipinski definition) is 2. The Balaban J connectivity index is 0.944. The number of para-hydroxylation sites is 4. The summed E-state index contributed by atoms with van der Waals surface area (Å²) in [6, 6.07) is 80.7. The number of aryl methyl sites for hydroxylation is 4. The van der Waals surface area contributed by atoms with E-state index in [9.17, 15) is 0 Å². The van der Waals surface area contributed by atoms with Crippen molar-refractivity contribution in [2.24, 2.45) is 0 Å². The van der Waals surface area contributed by atoms with Crippen molar-refractivity contribution < 1.29 is 0 Å². The maximum absolute atomic E-state index is 2.45. The predicted octanol–water partition coefficient (Wildman–Crippen LogP) is 19.1. The highest BCUT2D eigenvalue weighted by molar-refractivity contribution is 6.28. The monoisotopic (exact) mass is 868 g/mol. The molecule has 0 saturated heterocycles. The molecule has 0 spiro atoms. The van der Waals surface area contributed by atoms with Crippen LogP contribution in [0.3, 0.4) is 0 Å². The molecule has 0 aliphatic heterocycles. The second kappa shape index (κ2) is 15.6. The van der Waals surface area contributed by atoms with Crippen molar-refractivity contribution in [3.63, 3.8) is 0 Å². The van der Waals surface area contributed by atoms with Crippen LogP contribution in [-0.4, -0.2) is 0 Å². The van der Waals surface area contributed by atoms with Gasteiger partial charge in [0.25, 0.3) is 0 Å².